The van der Waals surface area contributed by atoms with Crippen molar-refractivity contribution >= 4 is 21.5 Å². The van der Waals surface area contributed by atoms with E-state index in [1.165, 1.54) is 6.26 Å². The Balaban J connectivity index is 2.53. The molecule has 2 heterocycles. The molecule has 0 amide bonds. The SMILES string of the molecule is CCC(C)n1nc(N2CCN[C@H](C)C2)c(S(C)(=O)=O)c1N. The number of aromatic nitrogens is 2. The van der Waals surface area contributed by atoms with Crippen LogP contribution in [-0.4, -0.2) is 50.1 Å². The van der Waals surface area contributed by atoms with Crippen LogP contribution >= 0.6 is 0 Å². The smallest absolute Gasteiger partial charge is 0.182 e. The predicted octanol–water partition coefficient (Wildman–Crippen LogP) is 0.638. The van der Waals surface area contributed by atoms with Crippen molar-refractivity contribution in [3.63, 3.8) is 0 Å². The molecule has 2 rings (SSSR count). The fraction of sp³-hybridized carbons (Fsp3) is 0.769. The molecular formula is C13H25N5O2S. The van der Waals surface area contributed by atoms with Crippen molar-refractivity contribution in [2.45, 2.75) is 44.2 Å². The van der Waals surface area contributed by atoms with Crippen LogP contribution < -0.4 is 16.0 Å². The Labute approximate surface area is 126 Å². The maximum Gasteiger partial charge on any atom is 0.182 e. The lowest BCUT2D eigenvalue weighted by Crippen LogP contribution is -2.49. The summed E-state index contributed by atoms with van der Waals surface area (Å²) in [5, 5.41) is 7.85. The van der Waals surface area contributed by atoms with Gasteiger partial charge in [0.25, 0.3) is 0 Å². The van der Waals surface area contributed by atoms with Gasteiger partial charge in [0.1, 0.15) is 5.82 Å². The molecule has 7 nitrogen and oxygen atoms in total. The molecule has 0 radical (unpaired) electrons. The first-order chi connectivity index (χ1) is 9.75. The largest absolute Gasteiger partial charge is 0.383 e. The molecule has 3 N–H and O–H groups in total. The first kappa shape index (κ1) is 16.1. The lowest BCUT2D eigenvalue weighted by Gasteiger charge is -2.32. The van der Waals surface area contributed by atoms with Crippen molar-refractivity contribution in [2.24, 2.45) is 0 Å². The van der Waals surface area contributed by atoms with Gasteiger partial charge in [-0.3, -0.25) is 0 Å². The molecule has 0 spiro atoms. The molecule has 1 aliphatic heterocycles. The van der Waals surface area contributed by atoms with Gasteiger partial charge in [0.2, 0.25) is 0 Å². The zero-order valence-corrected chi connectivity index (χ0v) is 13.9. The van der Waals surface area contributed by atoms with Gasteiger partial charge in [-0.15, -0.1) is 0 Å². The number of nitrogen functional groups attached to an aromatic ring is 1. The van der Waals surface area contributed by atoms with Crippen LogP contribution in [0.4, 0.5) is 11.6 Å². The third-order valence-electron chi connectivity index (χ3n) is 3.93. The van der Waals surface area contributed by atoms with Gasteiger partial charge in [0.05, 0.1) is 6.04 Å². The minimum absolute atomic E-state index is 0.0691. The molecule has 2 atom stereocenters. The maximum atomic E-state index is 12.1. The summed E-state index contributed by atoms with van der Waals surface area (Å²) in [7, 11) is -3.42. The summed E-state index contributed by atoms with van der Waals surface area (Å²) < 4.78 is 25.9. The molecule has 1 aromatic rings. The van der Waals surface area contributed by atoms with E-state index in [2.05, 4.69) is 17.3 Å². The van der Waals surface area contributed by atoms with Gasteiger partial charge in [0.15, 0.2) is 20.6 Å². The van der Waals surface area contributed by atoms with Gasteiger partial charge in [0, 0.05) is 31.9 Å². The maximum absolute atomic E-state index is 12.1. The standard InChI is InChI=1S/C13H25N5O2S/c1-5-10(3)18-12(14)11(21(4,19)20)13(16-18)17-7-6-15-9(2)8-17/h9-10,15H,5-8,14H2,1-4H3/t9-,10?/m1/s1. The lowest BCUT2D eigenvalue weighted by molar-refractivity contribution is 0.465. The molecule has 1 unspecified atom stereocenters. The Hall–Kier alpha value is -1.28. The first-order valence-electron chi connectivity index (χ1n) is 7.32. The number of nitrogens with two attached hydrogens (primary N) is 1. The molecule has 1 fully saturated rings. The van der Waals surface area contributed by atoms with Crippen molar-refractivity contribution in [1.82, 2.24) is 15.1 Å². The second-order valence-corrected chi connectivity index (χ2v) is 7.77. The number of hydrogen-bond acceptors (Lipinski definition) is 6. The van der Waals surface area contributed by atoms with Gasteiger partial charge in [-0.1, -0.05) is 6.92 Å². The summed E-state index contributed by atoms with van der Waals surface area (Å²) in [6, 6.07) is 0.362. The number of rotatable bonds is 4. The first-order valence-corrected chi connectivity index (χ1v) is 9.21. The topological polar surface area (TPSA) is 93.2 Å². The summed E-state index contributed by atoms with van der Waals surface area (Å²) >= 11 is 0. The van der Waals surface area contributed by atoms with E-state index in [1.807, 2.05) is 18.7 Å². The van der Waals surface area contributed by atoms with Gasteiger partial charge < -0.3 is 16.0 Å². The molecule has 8 heteroatoms. The highest BCUT2D eigenvalue weighted by atomic mass is 32.2. The van der Waals surface area contributed by atoms with Gasteiger partial charge in [-0.25, -0.2) is 13.1 Å². The van der Waals surface area contributed by atoms with Crippen LogP contribution in [0.1, 0.15) is 33.2 Å². The Morgan fingerprint density at radius 2 is 2.19 bits per heavy atom. The molecule has 0 aromatic carbocycles. The Morgan fingerprint density at radius 3 is 2.71 bits per heavy atom. The monoisotopic (exact) mass is 315 g/mol. The van der Waals surface area contributed by atoms with Crippen LogP contribution in [0.15, 0.2) is 4.90 Å². The van der Waals surface area contributed by atoms with E-state index in [1.54, 1.807) is 4.68 Å². The summed E-state index contributed by atoms with van der Waals surface area (Å²) in [6.45, 7) is 8.34. The van der Waals surface area contributed by atoms with Crippen LogP contribution in [0.3, 0.4) is 0 Å². The van der Waals surface area contributed by atoms with Crippen LogP contribution in [0.5, 0.6) is 0 Å². The average Bonchev–Trinajstić information content (AvgIpc) is 2.75. The fourth-order valence-electron chi connectivity index (χ4n) is 2.62. The minimum Gasteiger partial charge on any atom is -0.383 e. The highest BCUT2D eigenvalue weighted by molar-refractivity contribution is 7.91. The van der Waals surface area contributed by atoms with Crippen molar-refractivity contribution in [1.29, 1.82) is 0 Å². The highest BCUT2D eigenvalue weighted by Crippen LogP contribution is 2.33. The third-order valence-corrected chi connectivity index (χ3v) is 5.07. The molecule has 120 valence electrons. The second-order valence-electron chi connectivity index (χ2n) is 5.81. The Bertz CT molecular complexity index is 610. The van der Waals surface area contributed by atoms with Crippen molar-refractivity contribution in [3.8, 4) is 0 Å². The van der Waals surface area contributed by atoms with E-state index >= 15 is 0 Å². The zero-order valence-electron chi connectivity index (χ0n) is 13.1. The normalized spacial score (nSPS) is 21.5. The van der Waals surface area contributed by atoms with E-state index < -0.39 is 9.84 Å². The molecule has 0 aliphatic carbocycles. The second kappa shape index (κ2) is 5.84. The van der Waals surface area contributed by atoms with E-state index in [9.17, 15) is 8.42 Å². The van der Waals surface area contributed by atoms with Gasteiger partial charge >= 0.3 is 0 Å². The zero-order chi connectivity index (χ0) is 15.8. The van der Waals surface area contributed by atoms with Crippen LogP contribution in [0.25, 0.3) is 0 Å². The van der Waals surface area contributed by atoms with Crippen molar-refractivity contribution < 1.29 is 8.42 Å². The van der Waals surface area contributed by atoms with Gasteiger partial charge in [-0.2, -0.15) is 5.10 Å². The van der Waals surface area contributed by atoms with E-state index in [0.717, 1.165) is 26.1 Å². The van der Waals surface area contributed by atoms with Crippen molar-refractivity contribution in [3.05, 3.63) is 0 Å². The Morgan fingerprint density at radius 1 is 1.52 bits per heavy atom. The van der Waals surface area contributed by atoms with E-state index in [-0.39, 0.29) is 16.8 Å². The minimum atomic E-state index is -3.42. The number of hydrogen-bond donors (Lipinski definition) is 2. The quantitative estimate of drug-likeness (QED) is 0.847. The average molecular weight is 315 g/mol. The summed E-state index contributed by atoms with van der Waals surface area (Å²) in [6.07, 6.45) is 2.03. The molecule has 21 heavy (non-hydrogen) atoms. The molecule has 1 aromatic heterocycles. The van der Waals surface area contributed by atoms with Crippen molar-refractivity contribution in [2.75, 3.05) is 36.5 Å². The summed E-state index contributed by atoms with van der Waals surface area (Å²) in [5.74, 6) is 0.733. The van der Waals surface area contributed by atoms with Crippen LogP contribution in [-0.2, 0) is 9.84 Å². The number of anilines is 2. The molecule has 1 saturated heterocycles. The number of nitrogens with one attached hydrogen (secondary N) is 1. The summed E-state index contributed by atoms with van der Waals surface area (Å²) in [5.41, 5.74) is 6.09. The number of piperazine rings is 1. The molecule has 0 bridgehead atoms. The third kappa shape index (κ3) is 3.16. The highest BCUT2D eigenvalue weighted by Gasteiger charge is 2.30. The molecular weight excluding hydrogens is 290 g/mol. The lowest BCUT2D eigenvalue weighted by atomic mass is 10.2. The van der Waals surface area contributed by atoms with E-state index in [4.69, 9.17) is 5.73 Å². The van der Waals surface area contributed by atoms with Crippen LogP contribution in [0, 0.1) is 0 Å². The number of sulfone groups is 1. The Kier molecular flexibility index (Phi) is 4.48. The molecule has 1 aliphatic rings. The summed E-state index contributed by atoms with van der Waals surface area (Å²) in [4.78, 5) is 2.17. The van der Waals surface area contributed by atoms with Gasteiger partial charge in [-0.05, 0) is 20.3 Å². The molecule has 0 saturated carbocycles. The van der Waals surface area contributed by atoms with Crippen LogP contribution in [0.2, 0.25) is 0 Å². The predicted molar refractivity (Wildman–Crippen MR) is 84.4 cm³/mol. The van der Waals surface area contributed by atoms with E-state index in [0.29, 0.717) is 11.9 Å². The fourth-order valence-corrected chi connectivity index (χ4v) is 3.59. The number of nitrogens with zero attached hydrogens (tertiary/aromatic N) is 3.